The summed E-state index contributed by atoms with van der Waals surface area (Å²) in [7, 11) is 3.17. The maximum absolute atomic E-state index is 12.5. The molecule has 8 heteroatoms. The molecule has 2 N–H and O–H groups in total. The molecule has 1 atom stereocenters. The first-order chi connectivity index (χ1) is 13.8. The van der Waals surface area contributed by atoms with E-state index in [1.165, 1.54) is 11.3 Å². The van der Waals surface area contributed by atoms with Crippen molar-refractivity contribution in [1.82, 2.24) is 9.97 Å². The largest absolute Gasteiger partial charge is 0.493 e. The fourth-order valence-corrected chi connectivity index (χ4v) is 4.08. The predicted octanol–water partition coefficient (Wildman–Crippen LogP) is 4.18. The zero-order chi connectivity index (χ0) is 21.1. The Morgan fingerprint density at radius 3 is 2.59 bits per heavy atom. The summed E-state index contributed by atoms with van der Waals surface area (Å²) in [5.74, 6) is 0.799. The molecule has 3 rings (SSSR count). The molecular weight excluding hydrogens is 392 g/mol. The number of nitrogens with one attached hydrogen (secondary N) is 1. The number of hydrogen-bond acceptors (Lipinski definition) is 7. The smallest absolute Gasteiger partial charge is 0.355 e. The van der Waals surface area contributed by atoms with Gasteiger partial charge in [0.15, 0.2) is 11.5 Å². The van der Waals surface area contributed by atoms with Crippen LogP contribution in [0.1, 0.15) is 46.0 Å². The molecule has 0 fully saturated rings. The summed E-state index contributed by atoms with van der Waals surface area (Å²) < 4.78 is 16.0. The van der Waals surface area contributed by atoms with Crippen LogP contribution in [0.4, 0.5) is 0 Å². The highest BCUT2D eigenvalue weighted by Gasteiger charge is 2.21. The Kier molecular flexibility index (Phi) is 6.24. The van der Waals surface area contributed by atoms with Crippen LogP contribution < -0.4 is 9.47 Å². The number of carbonyl (C=O) groups is 1. The molecule has 0 amide bonds. The second-order valence-corrected chi connectivity index (χ2v) is 7.49. The molecule has 0 spiro atoms. The first-order valence-corrected chi connectivity index (χ1v) is 9.94. The van der Waals surface area contributed by atoms with Crippen LogP contribution in [0, 0.1) is 13.8 Å². The molecule has 7 nitrogen and oxygen atoms in total. The number of aromatic amines is 1. The molecule has 0 bridgehead atoms. The number of aliphatic hydroxyl groups is 1. The van der Waals surface area contributed by atoms with Crippen molar-refractivity contribution >= 4 is 17.3 Å². The van der Waals surface area contributed by atoms with E-state index in [1.807, 2.05) is 30.5 Å². The molecule has 0 radical (unpaired) electrons. The zero-order valence-electron chi connectivity index (χ0n) is 17.0. The van der Waals surface area contributed by atoms with Crippen molar-refractivity contribution in [2.75, 3.05) is 14.2 Å². The van der Waals surface area contributed by atoms with Crippen LogP contribution in [0.2, 0.25) is 0 Å². The molecule has 2 heterocycles. The molecule has 0 saturated heterocycles. The number of hydrogen-bond donors (Lipinski definition) is 2. The molecule has 0 aliphatic carbocycles. The Morgan fingerprint density at radius 2 is 1.97 bits per heavy atom. The zero-order valence-corrected chi connectivity index (χ0v) is 17.8. The van der Waals surface area contributed by atoms with Crippen LogP contribution in [0.15, 0.2) is 23.6 Å². The van der Waals surface area contributed by atoms with Crippen molar-refractivity contribution in [1.29, 1.82) is 0 Å². The predicted molar refractivity (Wildman–Crippen MR) is 111 cm³/mol. The normalized spacial score (nSPS) is 11.9. The first-order valence-electron chi connectivity index (χ1n) is 9.06. The van der Waals surface area contributed by atoms with Crippen molar-refractivity contribution in [2.45, 2.75) is 33.5 Å². The fourth-order valence-electron chi connectivity index (χ4n) is 3.28. The molecule has 0 unspecified atom stereocenters. The van der Waals surface area contributed by atoms with Gasteiger partial charge in [-0.1, -0.05) is 0 Å². The topological polar surface area (TPSA) is 93.7 Å². The molecule has 0 aliphatic rings. The van der Waals surface area contributed by atoms with Gasteiger partial charge in [0.25, 0.3) is 0 Å². The van der Waals surface area contributed by atoms with E-state index in [0.717, 1.165) is 21.8 Å². The third-order valence-electron chi connectivity index (χ3n) is 4.65. The number of aryl methyl sites for hydroxylation is 1. The molecule has 0 aliphatic heterocycles. The van der Waals surface area contributed by atoms with E-state index in [0.29, 0.717) is 28.5 Å². The van der Waals surface area contributed by atoms with Crippen molar-refractivity contribution in [3.8, 4) is 22.1 Å². The minimum atomic E-state index is -0.657. The summed E-state index contributed by atoms with van der Waals surface area (Å²) in [5, 5.41) is 12.5. The highest BCUT2D eigenvalue weighted by atomic mass is 32.1. The highest BCUT2D eigenvalue weighted by molar-refractivity contribution is 7.13. The van der Waals surface area contributed by atoms with Crippen molar-refractivity contribution in [2.24, 2.45) is 0 Å². The SMILES string of the molecule is COc1ccc(-c2nc(COC(=O)c3[nH]c(C)c([C@H](C)O)c3C)cs2)cc1OC. The van der Waals surface area contributed by atoms with Gasteiger partial charge in [-0.2, -0.15) is 0 Å². The van der Waals surface area contributed by atoms with E-state index < -0.39 is 12.1 Å². The van der Waals surface area contributed by atoms with Crippen molar-refractivity contribution in [3.63, 3.8) is 0 Å². The number of nitrogens with zero attached hydrogens (tertiary/aromatic N) is 1. The fraction of sp³-hybridized carbons (Fsp3) is 0.333. The summed E-state index contributed by atoms with van der Waals surface area (Å²) in [4.78, 5) is 20.0. The maximum atomic E-state index is 12.5. The Hall–Kier alpha value is -2.84. The van der Waals surface area contributed by atoms with E-state index in [-0.39, 0.29) is 6.61 Å². The lowest BCUT2D eigenvalue weighted by Crippen LogP contribution is -2.08. The molecule has 154 valence electrons. The number of ether oxygens (including phenoxy) is 3. The summed E-state index contributed by atoms with van der Waals surface area (Å²) in [5.41, 5.74) is 4.09. The number of rotatable bonds is 7. The third kappa shape index (κ3) is 4.28. The quantitative estimate of drug-likeness (QED) is 0.561. The number of thiazole rings is 1. The van der Waals surface area contributed by atoms with Crippen LogP contribution in [0.5, 0.6) is 11.5 Å². The van der Waals surface area contributed by atoms with Crippen LogP contribution in [0.3, 0.4) is 0 Å². The summed E-state index contributed by atoms with van der Waals surface area (Å²) >= 11 is 1.46. The summed E-state index contributed by atoms with van der Waals surface area (Å²) in [6.07, 6.45) is -0.657. The van der Waals surface area contributed by atoms with Gasteiger partial charge in [-0.3, -0.25) is 0 Å². The van der Waals surface area contributed by atoms with Gasteiger partial charge < -0.3 is 24.3 Å². The lowest BCUT2D eigenvalue weighted by Gasteiger charge is -2.08. The van der Waals surface area contributed by atoms with Gasteiger partial charge in [-0.25, -0.2) is 9.78 Å². The molecule has 0 saturated carbocycles. The van der Waals surface area contributed by atoms with Gasteiger partial charge in [0, 0.05) is 22.2 Å². The standard InChI is InChI=1S/C21H24N2O5S/c1-11-18(13(3)24)12(2)22-19(11)21(25)28-9-15-10-29-20(23-15)14-6-7-16(26-4)17(8-14)27-5/h6-8,10,13,22,24H,9H2,1-5H3/t13-/m0/s1. The minimum Gasteiger partial charge on any atom is -0.493 e. The average molecular weight is 416 g/mol. The Bertz CT molecular complexity index is 1020. The van der Waals surface area contributed by atoms with Crippen LogP contribution in [-0.4, -0.2) is 35.3 Å². The first kappa shape index (κ1) is 20.9. The van der Waals surface area contributed by atoms with Crippen LogP contribution in [-0.2, 0) is 11.3 Å². The lowest BCUT2D eigenvalue weighted by atomic mass is 10.1. The van der Waals surface area contributed by atoms with E-state index >= 15 is 0 Å². The van der Waals surface area contributed by atoms with E-state index in [1.54, 1.807) is 28.1 Å². The molecule has 29 heavy (non-hydrogen) atoms. The van der Waals surface area contributed by atoms with Crippen LogP contribution >= 0.6 is 11.3 Å². The van der Waals surface area contributed by atoms with Gasteiger partial charge in [-0.15, -0.1) is 11.3 Å². The van der Waals surface area contributed by atoms with E-state index in [4.69, 9.17) is 14.2 Å². The van der Waals surface area contributed by atoms with E-state index in [9.17, 15) is 9.90 Å². The number of carbonyl (C=O) groups excluding carboxylic acids is 1. The maximum Gasteiger partial charge on any atom is 0.355 e. The highest BCUT2D eigenvalue weighted by Crippen LogP contribution is 2.33. The third-order valence-corrected chi connectivity index (χ3v) is 5.59. The molecule has 1 aromatic carbocycles. The number of aromatic nitrogens is 2. The Labute approximate surface area is 173 Å². The Morgan fingerprint density at radius 1 is 1.24 bits per heavy atom. The molecular formula is C21H24N2O5S. The number of H-pyrrole nitrogens is 1. The number of aliphatic hydroxyl groups excluding tert-OH is 1. The number of esters is 1. The van der Waals surface area contributed by atoms with Gasteiger partial charge in [0.1, 0.15) is 17.3 Å². The average Bonchev–Trinajstić information content (AvgIpc) is 3.29. The van der Waals surface area contributed by atoms with E-state index in [2.05, 4.69) is 9.97 Å². The van der Waals surface area contributed by atoms with Gasteiger partial charge in [-0.05, 0) is 44.5 Å². The Balaban J connectivity index is 1.71. The van der Waals surface area contributed by atoms with Crippen molar-refractivity contribution in [3.05, 3.63) is 51.8 Å². The summed E-state index contributed by atoms with van der Waals surface area (Å²) in [6.45, 7) is 5.34. The van der Waals surface area contributed by atoms with Gasteiger partial charge >= 0.3 is 5.97 Å². The number of benzene rings is 1. The second kappa shape index (κ2) is 8.67. The monoisotopic (exact) mass is 416 g/mol. The van der Waals surface area contributed by atoms with Crippen LogP contribution in [0.25, 0.3) is 10.6 Å². The lowest BCUT2D eigenvalue weighted by molar-refractivity contribution is 0.0461. The van der Waals surface area contributed by atoms with Gasteiger partial charge in [0.05, 0.1) is 26.0 Å². The van der Waals surface area contributed by atoms with Crippen molar-refractivity contribution < 1.29 is 24.1 Å². The summed E-state index contributed by atoms with van der Waals surface area (Å²) in [6, 6.07) is 5.58. The van der Waals surface area contributed by atoms with Gasteiger partial charge in [0.2, 0.25) is 0 Å². The molecule has 2 aromatic heterocycles. The molecule has 3 aromatic rings. The number of methoxy groups -OCH3 is 2. The minimum absolute atomic E-state index is 0.0597. The second-order valence-electron chi connectivity index (χ2n) is 6.63.